The molecule has 0 aliphatic rings. The van der Waals surface area contributed by atoms with E-state index in [0.29, 0.717) is 12.1 Å². The number of benzene rings is 2. The van der Waals surface area contributed by atoms with Crippen molar-refractivity contribution < 1.29 is 9.59 Å². The first-order valence-corrected chi connectivity index (χ1v) is 6.90. The lowest BCUT2D eigenvalue weighted by Crippen LogP contribution is -2.40. The van der Waals surface area contributed by atoms with E-state index in [9.17, 15) is 9.59 Å². The molecule has 0 heterocycles. The van der Waals surface area contributed by atoms with Gasteiger partial charge in [-0.05, 0) is 31.2 Å². The molecule has 4 heteroatoms. The number of likely N-dealkylation sites (N-methyl/N-ethyl adjacent to an activating group) is 1. The van der Waals surface area contributed by atoms with Crippen LogP contribution in [0.2, 0.25) is 0 Å². The Kier molecular flexibility index (Phi) is 5.10. The van der Waals surface area contributed by atoms with Crippen LogP contribution in [-0.4, -0.2) is 24.9 Å². The summed E-state index contributed by atoms with van der Waals surface area (Å²) in [5, 5.41) is 2.41. The summed E-state index contributed by atoms with van der Waals surface area (Å²) in [6, 6.07) is 18.4. The van der Waals surface area contributed by atoms with E-state index in [-0.39, 0.29) is 18.4 Å². The molecule has 0 aliphatic heterocycles. The van der Waals surface area contributed by atoms with Crippen molar-refractivity contribution >= 4 is 17.5 Å². The van der Waals surface area contributed by atoms with Crippen LogP contribution >= 0.6 is 0 Å². The number of imide groups is 1. The number of nitrogens with one attached hydrogen (secondary N) is 1. The molecule has 2 amide bonds. The molecule has 0 spiro atoms. The van der Waals surface area contributed by atoms with E-state index in [1.807, 2.05) is 48.2 Å². The highest BCUT2D eigenvalue weighted by molar-refractivity contribution is 6.05. The van der Waals surface area contributed by atoms with Gasteiger partial charge in [-0.3, -0.25) is 14.9 Å². The predicted molar refractivity (Wildman–Crippen MR) is 83.2 cm³/mol. The van der Waals surface area contributed by atoms with E-state index in [2.05, 4.69) is 5.32 Å². The number of amides is 2. The van der Waals surface area contributed by atoms with Crippen molar-refractivity contribution in [1.29, 1.82) is 0 Å². The lowest BCUT2D eigenvalue weighted by Gasteiger charge is -2.22. The Morgan fingerprint density at radius 3 is 2.10 bits per heavy atom. The van der Waals surface area contributed by atoms with Crippen molar-refractivity contribution in [3.8, 4) is 0 Å². The van der Waals surface area contributed by atoms with Crippen LogP contribution in [0.1, 0.15) is 17.3 Å². The molecule has 0 atom stereocenters. The molecule has 0 saturated heterocycles. The number of anilines is 1. The van der Waals surface area contributed by atoms with Crippen molar-refractivity contribution in [3.63, 3.8) is 0 Å². The summed E-state index contributed by atoms with van der Waals surface area (Å²) in [6.07, 6.45) is 0. The molecule has 0 fully saturated rings. The van der Waals surface area contributed by atoms with Gasteiger partial charge in [0.05, 0.1) is 6.54 Å². The zero-order valence-corrected chi connectivity index (χ0v) is 12.0. The van der Waals surface area contributed by atoms with Gasteiger partial charge in [-0.15, -0.1) is 0 Å². The van der Waals surface area contributed by atoms with Gasteiger partial charge in [-0.2, -0.15) is 0 Å². The van der Waals surface area contributed by atoms with E-state index in [0.717, 1.165) is 5.69 Å². The van der Waals surface area contributed by atoms with Crippen LogP contribution in [0.25, 0.3) is 0 Å². The fourth-order valence-electron chi connectivity index (χ4n) is 2.03. The minimum atomic E-state index is -0.371. The Balaban J connectivity index is 1.96. The number of nitrogens with zero attached hydrogens (tertiary/aromatic N) is 1. The molecule has 4 nitrogen and oxygen atoms in total. The SMILES string of the molecule is CCN(CC(=O)NC(=O)c1ccccc1)c1ccccc1. The predicted octanol–water partition coefficient (Wildman–Crippen LogP) is 2.47. The molecule has 0 radical (unpaired) electrons. The Hall–Kier alpha value is -2.62. The molecule has 0 bridgehead atoms. The zero-order chi connectivity index (χ0) is 15.1. The normalized spacial score (nSPS) is 9.95. The summed E-state index contributed by atoms with van der Waals surface area (Å²) in [6.45, 7) is 2.81. The number of carbonyl (C=O) groups is 2. The van der Waals surface area contributed by atoms with Crippen LogP contribution in [0.3, 0.4) is 0 Å². The van der Waals surface area contributed by atoms with Crippen LogP contribution in [-0.2, 0) is 4.79 Å². The molecule has 0 aromatic heterocycles. The van der Waals surface area contributed by atoms with Crippen molar-refractivity contribution in [1.82, 2.24) is 5.32 Å². The summed E-state index contributed by atoms with van der Waals surface area (Å²) in [5.41, 5.74) is 1.44. The minimum absolute atomic E-state index is 0.152. The standard InChI is InChI=1S/C17H18N2O2/c1-2-19(15-11-7-4-8-12-15)13-16(20)18-17(21)14-9-5-3-6-10-14/h3-12H,2,13H2,1H3,(H,18,20,21). The molecule has 0 unspecified atom stereocenters. The van der Waals surface area contributed by atoms with Crippen LogP contribution < -0.4 is 10.2 Å². The fourth-order valence-corrected chi connectivity index (χ4v) is 2.03. The minimum Gasteiger partial charge on any atom is -0.362 e. The lowest BCUT2D eigenvalue weighted by atomic mass is 10.2. The maximum Gasteiger partial charge on any atom is 0.257 e. The Morgan fingerprint density at radius 1 is 0.952 bits per heavy atom. The highest BCUT2D eigenvalue weighted by Gasteiger charge is 2.13. The maximum atomic E-state index is 12.0. The molecule has 2 aromatic rings. The average Bonchev–Trinajstić information content (AvgIpc) is 2.54. The van der Waals surface area contributed by atoms with Gasteiger partial charge in [0.25, 0.3) is 5.91 Å². The third-order valence-corrected chi connectivity index (χ3v) is 3.13. The van der Waals surface area contributed by atoms with E-state index in [1.54, 1.807) is 24.3 Å². The van der Waals surface area contributed by atoms with Crippen molar-refractivity contribution in [3.05, 3.63) is 66.2 Å². The van der Waals surface area contributed by atoms with Gasteiger partial charge in [0.15, 0.2) is 0 Å². The van der Waals surface area contributed by atoms with Crippen LogP contribution in [0.15, 0.2) is 60.7 Å². The van der Waals surface area contributed by atoms with Gasteiger partial charge in [-0.1, -0.05) is 36.4 Å². The number of rotatable bonds is 5. The van der Waals surface area contributed by atoms with E-state index >= 15 is 0 Å². The summed E-state index contributed by atoms with van der Waals surface area (Å²) < 4.78 is 0. The monoisotopic (exact) mass is 282 g/mol. The summed E-state index contributed by atoms with van der Waals surface area (Å²) >= 11 is 0. The smallest absolute Gasteiger partial charge is 0.257 e. The average molecular weight is 282 g/mol. The summed E-state index contributed by atoms with van der Waals surface area (Å²) in [7, 11) is 0. The highest BCUT2D eigenvalue weighted by atomic mass is 16.2. The molecule has 0 aliphatic carbocycles. The van der Waals surface area contributed by atoms with E-state index < -0.39 is 0 Å². The molecule has 2 rings (SSSR count). The third kappa shape index (κ3) is 4.18. The Morgan fingerprint density at radius 2 is 1.52 bits per heavy atom. The molecule has 0 saturated carbocycles. The first kappa shape index (κ1) is 14.8. The third-order valence-electron chi connectivity index (χ3n) is 3.13. The lowest BCUT2D eigenvalue weighted by molar-refractivity contribution is -0.118. The highest BCUT2D eigenvalue weighted by Crippen LogP contribution is 2.12. The summed E-state index contributed by atoms with van der Waals surface area (Å²) in [5.74, 6) is -0.681. The van der Waals surface area contributed by atoms with Gasteiger partial charge < -0.3 is 4.90 Å². The second kappa shape index (κ2) is 7.24. The topological polar surface area (TPSA) is 49.4 Å². The first-order valence-electron chi connectivity index (χ1n) is 6.90. The molecule has 2 aromatic carbocycles. The second-order valence-electron chi connectivity index (χ2n) is 4.59. The van der Waals surface area contributed by atoms with Crippen molar-refractivity contribution in [2.24, 2.45) is 0 Å². The zero-order valence-electron chi connectivity index (χ0n) is 12.0. The van der Waals surface area contributed by atoms with Crippen molar-refractivity contribution in [2.45, 2.75) is 6.92 Å². The van der Waals surface area contributed by atoms with E-state index in [4.69, 9.17) is 0 Å². The fraction of sp³-hybridized carbons (Fsp3) is 0.176. The molecule has 1 N–H and O–H groups in total. The Labute approximate surface area is 124 Å². The molecule has 21 heavy (non-hydrogen) atoms. The largest absolute Gasteiger partial charge is 0.362 e. The number of hydrogen-bond acceptors (Lipinski definition) is 3. The number of carbonyl (C=O) groups excluding carboxylic acids is 2. The number of hydrogen-bond donors (Lipinski definition) is 1. The maximum absolute atomic E-state index is 12.0. The quantitative estimate of drug-likeness (QED) is 0.916. The Bertz CT molecular complexity index is 597. The van der Waals surface area contributed by atoms with E-state index in [1.165, 1.54) is 0 Å². The molecule has 108 valence electrons. The van der Waals surface area contributed by atoms with Gasteiger partial charge in [-0.25, -0.2) is 0 Å². The van der Waals surface area contributed by atoms with Crippen LogP contribution in [0.4, 0.5) is 5.69 Å². The van der Waals surface area contributed by atoms with Gasteiger partial charge >= 0.3 is 0 Å². The summed E-state index contributed by atoms with van der Waals surface area (Å²) in [4.78, 5) is 25.8. The van der Waals surface area contributed by atoms with Gasteiger partial charge in [0.1, 0.15) is 0 Å². The number of para-hydroxylation sites is 1. The van der Waals surface area contributed by atoms with Crippen LogP contribution in [0.5, 0.6) is 0 Å². The first-order chi connectivity index (χ1) is 10.2. The molecular weight excluding hydrogens is 264 g/mol. The second-order valence-corrected chi connectivity index (χ2v) is 4.59. The van der Waals surface area contributed by atoms with Gasteiger partial charge in [0.2, 0.25) is 5.91 Å². The van der Waals surface area contributed by atoms with Gasteiger partial charge in [0, 0.05) is 17.8 Å². The molecular formula is C17H18N2O2. The van der Waals surface area contributed by atoms with Crippen LogP contribution in [0, 0.1) is 0 Å². The van der Waals surface area contributed by atoms with Crippen molar-refractivity contribution in [2.75, 3.05) is 18.0 Å².